The first kappa shape index (κ1) is 16.0. The van der Waals surface area contributed by atoms with E-state index in [1.165, 1.54) is 12.1 Å². The van der Waals surface area contributed by atoms with E-state index in [2.05, 4.69) is 20.3 Å². The van der Waals surface area contributed by atoms with Crippen LogP contribution in [-0.2, 0) is 4.79 Å². The fraction of sp³-hybridized carbons (Fsp3) is 0.250. The average Bonchev–Trinajstić information content (AvgIpc) is 3.16. The van der Waals surface area contributed by atoms with Crippen LogP contribution in [0.2, 0.25) is 0 Å². The molecule has 0 spiro atoms. The van der Waals surface area contributed by atoms with Gasteiger partial charge in [0.25, 0.3) is 0 Å². The molecule has 2 aromatic carbocycles. The van der Waals surface area contributed by atoms with Crippen molar-refractivity contribution in [2.75, 3.05) is 0 Å². The number of imidazole rings is 1. The van der Waals surface area contributed by atoms with Crippen LogP contribution in [-0.4, -0.2) is 20.9 Å². The van der Waals surface area contributed by atoms with E-state index in [0.717, 1.165) is 23.3 Å². The molecule has 27 heavy (non-hydrogen) atoms. The van der Waals surface area contributed by atoms with E-state index in [9.17, 15) is 9.18 Å². The van der Waals surface area contributed by atoms with E-state index in [1.54, 1.807) is 13.0 Å². The molecular weight excluding hydrogens is 347 g/mol. The first-order valence-corrected chi connectivity index (χ1v) is 8.89. The molecule has 0 unspecified atom stereocenters. The number of hydrogen-bond donors (Lipinski definition) is 2. The number of rotatable bonds is 4. The molecule has 6 nitrogen and oxygen atoms in total. The SMILES string of the molecule is C[C@@H](NC(=O)[C@H]1C[C@@H]1c1nc2ccccc2[nH]1)c1nc2ccc(F)cc2o1. The second kappa shape index (κ2) is 5.90. The van der Waals surface area contributed by atoms with Crippen molar-refractivity contribution in [2.45, 2.75) is 25.3 Å². The number of carbonyl (C=O) groups excluding carboxylic acids is 1. The summed E-state index contributed by atoms with van der Waals surface area (Å²) in [6, 6.07) is 11.6. The number of aromatic nitrogens is 3. The molecule has 0 aliphatic heterocycles. The van der Waals surface area contributed by atoms with Gasteiger partial charge in [-0.2, -0.15) is 0 Å². The second-order valence-corrected chi connectivity index (χ2v) is 6.98. The Morgan fingerprint density at radius 3 is 2.96 bits per heavy atom. The van der Waals surface area contributed by atoms with Crippen molar-refractivity contribution in [2.24, 2.45) is 5.92 Å². The molecule has 0 bridgehead atoms. The Balaban J connectivity index is 1.28. The molecule has 0 radical (unpaired) electrons. The summed E-state index contributed by atoms with van der Waals surface area (Å²) >= 11 is 0. The number of oxazole rings is 1. The van der Waals surface area contributed by atoms with Gasteiger partial charge in [-0.1, -0.05) is 12.1 Å². The number of H-pyrrole nitrogens is 1. The van der Waals surface area contributed by atoms with Crippen LogP contribution < -0.4 is 5.32 Å². The number of para-hydroxylation sites is 2. The zero-order valence-corrected chi connectivity index (χ0v) is 14.6. The Bertz CT molecular complexity index is 1130. The van der Waals surface area contributed by atoms with E-state index in [1.807, 2.05) is 24.3 Å². The summed E-state index contributed by atoms with van der Waals surface area (Å²) in [4.78, 5) is 24.8. The summed E-state index contributed by atoms with van der Waals surface area (Å²) in [5.74, 6) is 0.762. The van der Waals surface area contributed by atoms with Crippen molar-refractivity contribution < 1.29 is 13.6 Å². The number of hydrogen-bond acceptors (Lipinski definition) is 4. The highest BCUT2D eigenvalue weighted by molar-refractivity contribution is 5.83. The number of halogens is 1. The van der Waals surface area contributed by atoms with E-state index < -0.39 is 6.04 Å². The van der Waals surface area contributed by atoms with Gasteiger partial charge in [0.2, 0.25) is 11.8 Å². The van der Waals surface area contributed by atoms with Gasteiger partial charge in [0.05, 0.1) is 11.0 Å². The molecule has 4 aromatic rings. The van der Waals surface area contributed by atoms with E-state index >= 15 is 0 Å². The molecule has 1 aliphatic carbocycles. The highest BCUT2D eigenvalue weighted by atomic mass is 19.1. The molecule has 3 atom stereocenters. The van der Waals surface area contributed by atoms with Crippen LogP contribution in [0.15, 0.2) is 46.9 Å². The zero-order chi connectivity index (χ0) is 18.5. The molecule has 5 rings (SSSR count). The minimum Gasteiger partial charge on any atom is -0.438 e. The summed E-state index contributed by atoms with van der Waals surface area (Å²) in [5.41, 5.74) is 2.83. The standard InChI is InChI=1S/C20H17FN4O2/c1-10(20-25-16-7-6-11(21)8-17(16)27-20)22-19(26)13-9-12(13)18-23-14-4-2-3-5-15(14)24-18/h2-8,10,12-13H,9H2,1H3,(H,22,26)(H,23,24)/t10-,12+,13+/m1/s1. The largest absolute Gasteiger partial charge is 0.438 e. The van der Waals surface area contributed by atoms with E-state index in [-0.39, 0.29) is 23.6 Å². The molecule has 1 fully saturated rings. The first-order valence-electron chi connectivity index (χ1n) is 8.89. The first-order chi connectivity index (χ1) is 13.1. The molecule has 1 saturated carbocycles. The van der Waals surface area contributed by atoms with Gasteiger partial charge in [0.1, 0.15) is 23.2 Å². The Morgan fingerprint density at radius 1 is 1.26 bits per heavy atom. The fourth-order valence-corrected chi connectivity index (χ4v) is 3.42. The maximum absolute atomic E-state index is 13.3. The van der Waals surface area contributed by atoms with Crippen molar-refractivity contribution in [3.05, 3.63) is 60.0 Å². The average molecular weight is 364 g/mol. The fourth-order valence-electron chi connectivity index (χ4n) is 3.42. The molecular formula is C20H17FN4O2. The van der Waals surface area contributed by atoms with Gasteiger partial charge in [-0.25, -0.2) is 14.4 Å². The van der Waals surface area contributed by atoms with Crippen LogP contribution in [0.5, 0.6) is 0 Å². The lowest BCUT2D eigenvalue weighted by atomic mass is 10.2. The van der Waals surface area contributed by atoms with Gasteiger partial charge in [-0.3, -0.25) is 4.79 Å². The summed E-state index contributed by atoms with van der Waals surface area (Å²) in [7, 11) is 0. The highest BCUT2D eigenvalue weighted by Crippen LogP contribution is 2.47. The molecule has 1 aliphatic rings. The van der Waals surface area contributed by atoms with Crippen molar-refractivity contribution in [1.29, 1.82) is 0 Å². The topological polar surface area (TPSA) is 83.8 Å². The molecule has 1 amide bonds. The number of fused-ring (bicyclic) bond motifs is 2. The lowest BCUT2D eigenvalue weighted by Crippen LogP contribution is -2.28. The minimum atomic E-state index is -0.398. The van der Waals surface area contributed by atoms with E-state index in [4.69, 9.17) is 4.42 Å². The maximum atomic E-state index is 13.3. The van der Waals surface area contributed by atoms with Crippen molar-refractivity contribution in [3.8, 4) is 0 Å². The van der Waals surface area contributed by atoms with Gasteiger partial charge in [-0.05, 0) is 37.6 Å². The summed E-state index contributed by atoms with van der Waals surface area (Å²) in [6.07, 6.45) is 0.761. The second-order valence-electron chi connectivity index (χ2n) is 6.98. The predicted octanol–water partition coefficient (Wildman–Crippen LogP) is 3.82. The Morgan fingerprint density at radius 2 is 2.11 bits per heavy atom. The maximum Gasteiger partial charge on any atom is 0.224 e. The van der Waals surface area contributed by atoms with Crippen molar-refractivity contribution in [1.82, 2.24) is 20.3 Å². The van der Waals surface area contributed by atoms with Crippen LogP contribution in [0.25, 0.3) is 22.1 Å². The number of amides is 1. The molecule has 7 heteroatoms. The Hall–Kier alpha value is -3.22. The molecule has 136 valence electrons. The number of benzene rings is 2. The third-order valence-electron chi connectivity index (χ3n) is 4.98. The van der Waals surface area contributed by atoms with Gasteiger partial charge in [0.15, 0.2) is 5.58 Å². The van der Waals surface area contributed by atoms with Crippen LogP contribution in [0.4, 0.5) is 4.39 Å². The van der Waals surface area contributed by atoms with Gasteiger partial charge in [-0.15, -0.1) is 0 Å². The number of aromatic amines is 1. The van der Waals surface area contributed by atoms with Crippen LogP contribution in [0, 0.1) is 11.7 Å². The van der Waals surface area contributed by atoms with Crippen LogP contribution >= 0.6 is 0 Å². The monoisotopic (exact) mass is 364 g/mol. The van der Waals surface area contributed by atoms with E-state index in [0.29, 0.717) is 17.0 Å². The molecule has 2 N–H and O–H groups in total. The number of nitrogens with zero attached hydrogens (tertiary/aromatic N) is 2. The van der Waals surface area contributed by atoms with Crippen LogP contribution in [0.3, 0.4) is 0 Å². The zero-order valence-electron chi connectivity index (χ0n) is 14.6. The van der Waals surface area contributed by atoms with Crippen molar-refractivity contribution >= 4 is 28.0 Å². The van der Waals surface area contributed by atoms with Gasteiger partial charge in [0, 0.05) is 17.9 Å². The summed E-state index contributed by atoms with van der Waals surface area (Å²) in [6.45, 7) is 1.80. The van der Waals surface area contributed by atoms with Crippen molar-refractivity contribution in [3.63, 3.8) is 0 Å². The minimum absolute atomic E-state index is 0.0543. The molecule has 0 saturated heterocycles. The number of nitrogens with one attached hydrogen (secondary N) is 2. The quantitative estimate of drug-likeness (QED) is 0.576. The third-order valence-corrected chi connectivity index (χ3v) is 4.98. The smallest absolute Gasteiger partial charge is 0.224 e. The summed E-state index contributed by atoms with van der Waals surface area (Å²) < 4.78 is 18.9. The lowest BCUT2D eigenvalue weighted by molar-refractivity contribution is -0.123. The predicted molar refractivity (Wildman–Crippen MR) is 97.5 cm³/mol. The third kappa shape index (κ3) is 2.85. The normalized spacial score (nSPS) is 20.1. The van der Waals surface area contributed by atoms with Crippen LogP contribution in [0.1, 0.15) is 37.0 Å². The Labute approximate surface area is 153 Å². The summed E-state index contributed by atoms with van der Waals surface area (Å²) in [5, 5.41) is 2.94. The lowest BCUT2D eigenvalue weighted by Gasteiger charge is -2.09. The van der Waals surface area contributed by atoms with Gasteiger partial charge < -0.3 is 14.7 Å². The number of carbonyl (C=O) groups is 1. The molecule has 2 heterocycles. The van der Waals surface area contributed by atoms with Gasteiger partial charge >= 0.3 is 0 Å². The Kier molecular flexibility index (Phi) is 3.50. The molecule has 2 aromatic heterocycles. The highest BCUT2D eigenvalue weighted by Gasteiger charge is 2.46.